The third-order valence-electron chi connectivity index (χ3n) is 4.08. The molecule has 21 heavy (non-hydrogen) atoms. The highest BCUT2D eigenvalue weighted by atomic mass is 16.5. The van der Waals surface area contributed by atoms with Crippen LogP contribution >= 0.6 is 0 Å². The summed E-state index contributed by atoms with van der Waals surface area (Å²) in [5.74, 6) is 1.03. The molecule has 0 aliphatic carbocycles. The van der Waals surface area contributed by atoms with Crippen LogP contribution in [0.4, 0.5) is 0 Å². The van der Waals surface area contributed by atoms with E-state index in [1.54, 1.807) is 0 Å². The van der Waals surface area contributed by atoms with E-state index in [2.05, 4.69) is 46.1 Å². The minimum absolute atomic E-state index is 0.0302. The van der Waals surface area contributed by atoms with Crippen LogP contribution in [0.2, 0.25) is 0 Å². The van der Waals surface area contributed by atoms with Crippen LogP contribution in [0.5, 0.6) is 0 Å². The third kappa shape index (κ3) is 2.87. The summed E-state index contributed by atoms with van der Waals surface area (Å²) in [6.45, 7) is 3.91. The number of ether oxygens (including phenoxy) is 1. The van der Waals surface area contributed by atoms with Gasteiger partial charge in [0.1, 0.15) is 11.9 Å². The molecule has 2 heterocycles. The fourth-order valence-corrected chi connectivity index (χ4v) is 3.01. The number of rotatable bonds is 5. The first-order valence-corrected chi connectivity index (χ1v) is 7.71. The maximum Gasteiger partial charge on any atom is 0.128 e. The second kappa shape index (κ2) is 6.41. The van der Waals surface area contributed by atoms with E-state index in [-0.39, 0.29) is 12.1 Å². The molecule has 0 bridgehead atoms. The molecule has 2 aromatic rings. The number of nitrogens with one attached hydrogen (secondary N) is 1. The molecule has 2 atom stereocenters. The Kier molecular flexibility index (Phi) is 4.36. The summed E-state index contributed by atoms with van der Waals surface area (Å²) in [5, 5.41) is 3.61. The maximum absolute atomic E-state index is 6.13. The van der Waals surface area contributed by atoms with Crippen LogP contribution in [0.25, 0.3) is 0 Å². The fraction of sp³-hybridized carbons (Fsp3) is 0.471. The predicted molar refractivity (Wildman–Crippen MR) is 83.1 cm³/mol. The van der Waals surface area contributed by atoms with Gasteiger partial charge < -0.3 is 14.6 Å². The average Bonchev–Trinajstić information content (AvgIpc) is 2.94. The Morgan fingerprint density at radius 3 is 3.05 bits per heavy atom. The summed E-state index contributed by atoms with van der Waals surface area (Å²) in [4.78, 5) is 4.54. The van der Waals surface area contributed by atoms with E-state index >= 15 is 0 Å². The van der Waals surface area contributed by atoms with Crippen molar-refractivity contribution in [2.75, 3.05) is 13.2 Å². The summed E-state index contributed by atoms with van der Waals surface area (Å²) < 4.78 is 8.20. The first kappa shape index (κ1) is 14.3. The number of nitrogens with zero attached hydrogens (tertiary/aromatic N) is 2. The van der Waals surface area contributed by atoms with E-state index in [0.29, 0.717) is 0 Å². The topological polar surface area (TPSA) is 39.1 Å². The third-order valence-corrected chi connectivity index (χ3v) is 4.08. The van der Waals surface area contributed by atoms with Crippen LogP contribution in [0.3, 0.4) is 0 Å². The van der Waals surface area contributed by atoms with Gasteiger partial charge in [0.05, 0.1) is 12.6 Å². The second-order valence-corrected chi connectivity index (χ2v) is 5.57. The van der Waals surface area contributed by atoms with Gasteiger partial charge in [0.25, 0.3) is 0 Å². The van der Waals surface area contributed by atoms with Gasteiger partial charge >= 0.3 is 0 Å². The zero-order valence-corrected chi connectivity index (χ0v) is 12.7. The molecule has 1 aliphatic heterocycles. The largest absolute Gasteiger partial charge is 0.371 e. The van der Waals surface area contributed by atoms with Crippen molar-refractivity contribution in [2.45, 2.75) is 31.9 Å². The Morgan fingerprint density at radius 1 is 1.43 bits per heavy atom. The number of aromatic nitrogens is 2. The molecule has 4 nitrogen and oxygen atoms in total. The Labute approximate surface area is 126 Å². The summed E-state index contributed by atoms with van der Waals surface area (Å²) in [6, 6.07) is 8.68. The molecule has 1 aromatic carbocycles. The van der Waals surface area contributed by atoms with E-state index in [1.165, 1.54) is 11.1 Å². The standard InChI is InChI=1S/C17H23N3O/c1-3-9-18-15(17-19-10-11-20(17)2)16-14-7-5-4-6-13(14)8-12-21-16/h4-7,10-11,15-16,18H,3,8-9,12H2,1-2H3. The number of hydrogen-bond donors (Lipinski definition) is 1. The lowest BCUT2D eigenvalue weighted by Gasteiger charge is -2.32. The van der Waals surface area contributed by atoms with Crippen LogP contribution in [0.15, 0.2) is 36.7 Å². The molecule has 0 spiro atoms. The van der Waals surface area contributed by atoms with Crippen molar-refractivity contribution in [1.82, 2.24) is 14.9 Å². The van der Waals surface area contributed by atoms with Crippen molar-refractivity contribution in [3.63, 3.8) is 0 Å². The van der Waals surface area contributed by atoms with Crippen molar-refractivity contribution < 1.29 is 4.74 Å². The molecule has 0 saturated carbocycles. The average molecular weight is 285 g/mol. The lowest BCUT2D eigenvalue weighted by Crippen LogP contribution is -2.33. The van der Waals surface area contributed by atoms with Gasteiger partial charge in [-0.2, -0.15) is 0 Å². The molecule has 2 unspecified atom stereocenters. The van der Waals surface area contributed by atoms with Crippen LogP contribution in [-0.4, -0.2) is 22.7 Å². The predicted octanol–water partition coefficient (Wildman–Crippen LogP) is 2.77. The van der Waals surface area contributed by atoms with E-state index in [9.17, 15) is 0 Å². The summed E-state index contributed by atoms with van der Waals surface area (Å²) in [5.41, 5.74) is 2.69. The SMILES string of the molecule is CCCNC(c1nccn1C)C1OCCc2ccccc21. The van der Waals surface area contributed by atoms with E-state index in [4.69, 9.17) is 4.74 Å². The summed E-state index contributed by atoms with van der Waals surface area (Å²) in [6.07, 6.45) is 5.96. The van der Waals surface area contributed by atoms with E-state index in [0.717, 1.165) is 31.8 Å². The molecule has 112 valence electrons. The second-order valence-electron chi connectivity index (χ2n) is 5.57. The molecule has 0 fully saturated rings. The molecule has 0 saturated heterocycles. The highest BCUT2D eigenvalue weighted by Crippen LogP contribution is 2.36. The number of hydrogen-bond acceptors (Lipinski definition) is 3. The van der Waals surface area contributed by atoms with Crippen molar-refractivity contribution in [3.8, 4) is 0 Å². The van der Waals surface area contributed by atoms with Crippen molar-refractivity contribution in [2.24, 2.45) is 7.05 Å². The Balaban J connectivity index is 1.96. The number of aryl methyl sites for hydroxylation is 1. The molecular weight excluding hydrogens is 262 g/mol. The minimum atomic E-state index is 0.0302. The number of imidazole rings is 1. The highest BCUT2D eigenvalue weighted by molar-refractivity contribution is 5.32. The van der Waals surface area contributed by atoms with Crippen LogP contribution in [0.1, 0.15) is 42.4 Å². The monoisotopic (exact) mass is 285 g/mol. The van der Waals surface area contributed by atoms with Crippen LogP contribution < -0.4 is 5.32 Å². The molecular formula is C17H23N3O. The van der Waals surface area contributed by atoms with Crippen LogP contribution in [0, 0.1) is 0 Å². The molecule has 1 aliphatic rings. The first-order chi connectivity index (χ1) is 10.3. The normalized spacial score (nSPS) is 19.2. The zero-order valence-electron chi connectivity index (χ0n) is 12.7. The van der Waals surface area contributed by atoms with Gasteiger partial charge in [0, 0.05) is 19.4 Å². The zero-order chi connectivity index (χ0) is 14.7. The highest BCUT2D eigenvalue weighted by Gasteiger charge is 2.31. The van der Waals surface area contributed by atoms with Crippen LogP contribution in [-0.2, 0) is 18.2 Å². The Bertz CT molecular complexity index is 593. The maximum atomic E-state index is 6.13. The molecule has 3 rings (SSSR count). The van der Waals surface area contributed by atoms with E-state index in [1.807, 2.05) is 19.4 Å². The lowest BCUT2D eigenvalue weighted by molar-refractivity contribution is 0.0120. The minimum Gasteiger partial charge on any atom is -0.371 e. The van der Waals surface area contributed by atoms with Gasteiger partial charge in [-0.15, -0.1) is 0 Å². The lowest BCUT2D eigenvalue weighted by atomic mass is 9.92. The van der Waals surface area contributed by atoms with Gasteiger partial charge in [-0.25, -0.2) is 4.98 Å². The fourth-order valence-electron chi connectivity index (χ4n) is 3.01. The van der Waals surface area contributed by atoms with Crippen molar-refractivity contribution in [1.29, 1.82) is 0 Å². The van der Waals surface area contributed by atoms with Gasteiger partial charge in [-0.3, -0.25) is 0 Å². The Hall–Kier alpha value is -1.65. The molecule has 0 amide bonds. The van der Waals surface area contributed by atoms with Crippen molar-refractivity contribution >= 4 is 0 Å². The van der Waals surface area contributed by atoms with E-state index < -0.39 is 0 Å². The summed E-state index contributed by atoms with van der Waals surface area (Å²) in [7, 11) is 2.04. The molecule has 1 N–H and O–H groups in total. The van der Waals surface area contributed by atoms with Gasteiger partial charge in [-0.05, 0) is 30.5 Å². The molecule has 1 aromatic heterocycles. The van der Waals surface area contributed by atoms with Gasteiger partial charge in [0.2, 0.25) is 0 Å². The number of benzene rings is 1. The summed E-state index contributed by atoms with van der Waals surface area (Å²) >= 11 is 0. The quantitative estimate of drug-likeness (QED) is 0.918. The first-order valence-electron chi connectivity index (χ1n) is 7.71. The molecule has 4 heteroatoms. The smallest absolute Gasteiger partial charge is 0.128 e. The molecule has 0 radical (unpaired) electrons. The van der Waals surface area contributed by atoms with Gasteiger partial charge in [-0.1, -0.05) is 31.2 Å². The van der Waals surface area contributed by atoms with Crippen molar-refractivity contribution in [3.05, 3.63) is 53.6 Å². The van der Waals surface area contributed by atoms with Gasteiger partial charge in [0.15, 0.2) is 0 Å². The number of fused-ring (bicyclic) bond motifs is 1. The Morgan fingerprint density at radius 2 is 2.29 bits per heavy atom.